The standard InChI is InChI=1S/C36H61N3O8/c1-12-45-34(42)39-28(20-26(23(2)3)18-25-14-15-29(44-11)31(19-25)46-17-13-16-43-10)30(47-36(39,8)9)21-27(24(4)5)32(40)38-22-35(6,7)33(37)41/h14-15,19,23-24,26-28,30H,12-13,16-18,20-22H2,1-11H3,(H2,37,41)(H,38,40)/t26?,27?,28-,30-/m0/s1. The normalized spacial score (nSPS) is 19.0. The number of hydrogen-bond donors (Lipinski definition) is 2. The summed E-state index contributed by atoms with van der Waals surface area (Å²) >= 11 is 0. The van der Waals surface area contributed by atoms with Crippen LogP contribution in [0.4, 0.5) is 4.79 Å². The number of carbonyl (C=O) groups is 3. The molecule has 2 unspecified atom stereocenters. The molecule has 0 radical (unpaired) electrons. The van der Waals surface area contributed by atoms with Gasteiger partial charge in [0.25, 0.3) is 0 Å². The van der Waals surface area contributed by atoms with Crippen LogP contribution in [0.1, 0.15) is 87.1 Å². The molecular weight excluding hydrogens is 602 g/mol. The summed E-state index contributed by atoms with van der Waals surface area (Å²) in [6, 6.07) is 5.68. The zero-order chi connectivity index (χ0) is 35.5. The molecule has 0 bridgehead atoms. The van der Waals surface area contributed by atoms with Crippen LogP contribution >= 0.6 is 0 Å². The van der Waals surface area contributed by atoms with E-state index >= 15 is 0 Å². The SMILES string of the molecule is CCOC(=O)N1[C@@H](CC(Cc2ccc(OC)c(OCCCOC)c2)C(C)C)[C@H](CC(C(=O)NCC(C)(C)C(N)=O)C(C)C)OC1(C)C. The number of methoxy groups -OCH3 is 2. The van der Waals surface area contributed by atoms with Gasteiger partial charge in [-0.1, -0.05) is 33.8 Å². The lowest BCUT2D eigenvalue weighted by Crippen LogP contribution is -2.50. The van der Waals surface area contributed by atoms with Crippen LogP contribution in [0.2, 0.25) is 0 Å². The van der Waals surface area contributed by atoms with Crippen molar-refractivity contribution in [1.82, 2.24) is 10.2 Å². The minimum Gasteiger partial charge on any atom is -0.493 e. The molecule has 1 saturated heterocycles. The summed E-state index contributed by atoms with van der Waals surface area (Å²) in [5.74, 6) is 0.714. The van der Waals surface area contributed by atoms with Gasteiger partial charge in [-0.15, -0.1) is 0 Å². The maximum atomic E-state index is 13.5. The third kappa shape index (κ3) is 11.3. The number of ether oxygens (including phenoxy) is 5. The van der Waals surface area contributed by atoms with Crippen molar-refractivity contribution < 1.29 is 38.1 Å². The van der Waals surface area contributed by atoms with Gasteiger partial charge in [0.2, 0.25) is 11.8 Å². The Morgan fingerprint density at radius 2 is 1.72 bits per heavy atom. The largest absolute Gasteiger partial charge is 0.493 e. The maximum absolute atomic E-state index is 13.5. The highest BCUT2D eigenvalue weighted by atomic mass is 16.6. The highest BCUT2D eigenvalue weighted by molar-refractivity contribution is 5.83. The van der Waals surface area contributed by atoms with E-state index in [9.17, 15) is 14.4 Å². The van der Waals surface area contributed by atoms with E-state index in [0.29, 0.717) is 37.6 Å². The molecule has 1 heterocycles. The van der Waals surface area contributed by atoms with E-state index in [4.69, 9.17) is 29.4 Å². The predicted octanol–water partition coefficient (Wildman–Crippen LogP) is 5.57. The molecule has 1 aliphatic rings. The molecule has 268 valence electrons. The molecule has 2 rings (SSSR count). The first-order chi connectivity index (χ1) is 22.0. The quantitative estimate of drug-likeness (QED) is 0.183. The number of benzene rings is 1. The summed E-state index contributed by atoms with van der Waals surface area (Å²) < 4.78 is 28.9. The molecule has 0 aromatic heterocycles. The Labute approximate surface area is 282 Å². The van der Waals surface area contributed by atoms with Crippen molar-refractivity contribution in [2.45, 2.75) is 106 Å². The second-order valence-electron chi connectivity index (χ2n) is 14.4. The van der Waals surface area contributed by atoms with Crippen LogP contribution in [0.15, 0.2) is 18.2 Å². The van der Waals surface area contributed by atoms with E-state index in [2.05, 4.69) is 25.2 Å². The van der Waals surface area contributed by atoms with E-state index in [1.165, 1.54) is 0 Å². The average molecular weight is 664 g/mol. The molecule has 1 fully saturated rings. The van der Waals surface area contributed by atoms with Crippen LogP contribution in [-0.4, -0.2) is 81.3 Å². The highest BCUT2D eigenvalue weighted by Gasteiger charge is 2.52. The number of carbonyl (C=O) groups excluding carboxylic acids is 3. The molecular formula is C36H61N3O8. The monoisotopic (exact) mass is 663 g/mol. The fourth-order valence-electron chi connectivity index (χ4n) is 6.09. The van der Waals surface area contributed by atoms with Crippen LogP contribution < -0.4 is 20.5 Å². The van der Waals surface area contributed by atoms with Crippen molar-refractivity contribution >= 4 is 17.9 Å². The second kappa shape index (κ2) is 17.9. The minimum absolute atomic E-state index is 0.0156. The van der Waals surface area contributed by atoms with Crippen LogP contribution in [0.25, 0.3) is 0 Å². The fraction of sp³-hybridized carbons (Fsp3) is 0.750. The number of nitrogens with two attached hydrogens (primary N) is 1. The summed E-state index contributed by atoms with van der Waals surface area (Å²) in [4.78, 5) is 40.6. The first-order valence-corrected chi connectivity index (χ1v) is 17.0. The van der Waals surface area contributed by atoms with Gasteiger partial charge in [-0.3, -0.25) is 14.5 Å². The summed E-state index contributed by atoms with van der Waals surface area (Å²) in [5.41, 5.74) is 4.81. The second-order valence-corrected chi connectivity index (χ2v) is 14.4. The van der Waals surface area contributed by atoms with Gasteiger partial charge in [0.1, 0.15) is 5.72 Å². The molecule has 1 aromatic rings. The van der Waals surface area contributed by atoms with Gasteiger partial charge in [0.05, 0.1) is 37.9 Å². The van der Waals surface area contributed by atoms with Crippen molar-refractivity contribution in [3.8, 4) is 11.5 Å². The molecule has 11 heteroatoms. The van der Waals surface area contributed by atoms with Crippen molar-refractivity contribution in [2.24, 2.45) is 34.8 Å². The summed E-state index contributed by atoms with van der Waals surface area (Å²) in [7, 11) is 3.30. The molecule has 1 aliphatic heterocycles. The molecule has 11 nitrogen and oxygen atoms in total. The van der Waals surface area contributed by atoms with Crippen molar-refractivity contribution in [3.63, 3.8) is 0 Å². The van der Waals surface area contributed by atoms with Crippen molar-refractivity contribution in [2.75, 3.05) is 40.6 Å². The molecule has 47 heavy (non-hydrogen) atoms. The minimum atomic E-state index is -0.946. The van der Waals surface area contributed by atoms with E-state index in [-0.39, 0.29) is 42.9 Å². The summed E-state index contributed by atoms with van der Waals surface area (Å²) in [6.07, 6.45) is 1.69. The van der Waals surface area contributed by atoms with Crippen molar-refractivity contribution in [1.29, 1.82) is 0 Å². The van der Waals surface area contributed by atoms with Crippen LogP contribution in [-0.2, 0) is 30.2 Å². The number of amides is 3. The predicted molar refractivity (Wildman–Crippen MR) is 182 cm³/mol. The van der Waals surface area contributed by atoms with E-state index < -0.39 is 35.2 Å². The van der Waals surface area contributed by atoms with Gasteiger partial charge in [-0.2, -0.15) is 0 Å². The Kier molecular flexibility index (Phi) is 15.3. The lowest BCUT2D eigenvalue weighted by atomic mass is 9.80. The van der Waals surface area contributed by atoms with Crippen LogP contribution in [0.5, 0.6) is 11.5 Å². The average Bonchev–Trinajstić information content (AvgIpc) is 3.24. The van der Waals surface area contributed by atoms with Gasteiger partial charge in [-0.25, -0.2) is 4.79 Å². The van der Waals surface area contributed by atoms with E-state index in [1.54, 1.807) is 39.9 Å². The smallest absolute Gasteiger partial charge is 0.412 e. The highest BCUT2D eigenvalue weighted by Crippen LogP contribution is 2.41. The van der Waals surface area contributed by atoms with Gasteiger partial charge in [0.15, 0.2) is 11.5 Å². The molecule has 1 aromatic carbocycles. The van der Waals surface area contributed by atoms with E-state index in [0.717, 1.165) is 18.4 Å². The number of hydrogen-bond acceptors (Lipinski definition) is 8. The van der Waals surface area contributed by atoms with Gasteiger partial charge < -0.3 is 34.7 Å². The number of nitrogens with zero attached hydrogens (tertiary/aromatic N) is 1. The van der Waals surface area contributed by atoms with E-state index in [1.807, 2.05) is 39.8 Å². The van der Waals surface area contributed by atoms with Gasteiger partial charge in [-0.05, 0) is 89.3 Å². The van der Waals surface area contributed by atoms with Gasteiger partial charge in [0, 0.05) is 32.6 Å². The molecule has 0 saturated carbocycles. The zero-order valence-electron chi connectivity index (χ0n) is 30.6. The molecule has 0 spiro atoms. The number of primary amides is 1. The number of nitrogens with one attached hydrogen (secondary N) is 1. The van der Waals surface area contributed by atoms with Crippen LogP contribution in [0.3, 0.4) is 0 Å². The Bertz CT molecular complexity index is 1170. The third-order valence-electron chi connectivity index (χ3n) is 9.21. The topological polar surface area (TPSA) is 139 Å². The molecule has 3 N–H and O–H groups in total. The van der Waals surface area contributed by atoms with Crippen LogP contribution in [0, 0.1) is 29.1 Å². The third-order valence-corrected chi connectivity index (χ3v) is 9.21. The lowest BCUT2D eigenvalue weighted by molar-refractivity contribution is -0.131. The first-order valence-electron chi connectivity index (χ1n) is 17.0. The fourth-order valence-corrected chi connectivity index (χ4v) is 6.09. The zero-order valence-corrected chi connectivity index (χ0v) is 30.6. The number of rotatable bonds is 19. The summed E-state index contributed by atoms with van der Waals surface area (Å²) in [6.45, 7) is 18.8. The van der Waals surface area contributed by atoms with Crippen molar-refractivity contribution in [3.05, 3.63) is 23.8 Å². The Balaban J connectivity index is 2.40. The molecule has 4 atom stereocenters. The summed E-state index contributed by atoms with van der Waals surface area (Å²) in [5, 5.41) is 2.95. The Hall–Kier alpha value is -3.05. The van der Waals surface area contributed by atoms with Gasteiger partial charge >= 0.3 is 6.09 Å². The maximum Gasteiger partial charge on any atom is 0.412 e. The molecule has 3 amide bonds. The first kappa shape index (κ1) is 40.1. The Morgan fingerprint density at radius 1 is 1.04 bits per heavy atom. The Morgan fingerprint density at radius 3 is 2.28 bits per heavy atom. The molecule has 0 aliphatic carbocycles. The lowest BCUT2D eigenvalue weighted by Gasteiger charge is -2.35.